The largest absolute Gasteiger partial charge is 0.477 e. The van der Waals surface area contributed by atoms with E-state index in [9.17, 15) is 70.9 Å². The quantitative estimate of drug-likeness (QED) is 0.0271. The third kappa shape index (κ3) is 15.8. The number of carbonyl (C=O) groups excluding carboxylic acids is 1. The lowest BCUT2D eigenvalue weighted by molar-refractivity contribution is -0.386. The first kappa shape index (κ1) is 55.3. The number of carboxylic acids is 1. The molecule has 1 amide bonds. The zero-order valence-electron chi connectivity index (χ0n) is 36.2. The Hall–Kier alpha value is -2.04. The number of amides is 1. The van der Waals surface area contributed by atoms with Gasteiger partial charge in [0.05, 0.1) is 50.7 Å². The normalized spacial score (nSPS) is 35.9. The van der Waals surface area contributed by atoms with Gasteiger partial charge in [-0.25, -0.2) is 4.79 Å². The minimum atomic E-state index is -3.05. The maximum atomic E-state index is 12.8. The van der Waals surface area contributed by atoms with Crippen LogP contribution in [0.15, 0.2) is 12.2 Å². The van der Waals surface area contributed by atoms with E-state index in [1.54, 1.807) is 6.08 Å². The van der Waals surface area contributed by atoms with Crippen LogP contribution in [-0.4, -0.2) is 209 Å². The molecule has 368 valence electrons. The van der Waals surface area contributed by atoms with E-state index in [4.69, 9.17) is 34.2 Å². The topological polar surface area (TPSA) is 370 Å². The van der Waals surface area contributed by atoms with E-state index in [-0.39, 0.29) is 6.61 Å². The summed E-state index contributed by atoms with van der Waals surface area (Å²) in [5.41, 5.74) is 6.11. The molecule has 3 aliphatic rings. The summed E-state index contributed by atoms with van der Waals surface area (Å²) in [6.07, 6.45) is -11.4. The molecule has 22 nitrogen and oxygen atoms in total. The second-order valence-corrected chi connectivity index (χ2v) is 16.7. The molecule has 0 bridgehead atoms. The lowest BCUT2D eigenvalue weighted by atomic mass is 9.88. The Morgan fingerprint density at radius 2 is 1.40 bits per heavy atom. The lowest BCUT2D eigenvalue weighted by Crippen LogP contribution is -2.70. The number of carbonyl (C=O) groups is 2. The number of aliphatic carboxylic acids is 1. The van der Waals surface area contributed by atoms with E-state index in [1.807, 2.05) is 6.08 Å². The Morgan fingerprint density at radius 1 is 0.810 bits per heavy atom. The number of ether oxygens (including phenoxy) is 6. The van der Waals surface area contributed by atoms with Gasteiger partial charge in [0, 0.05) is 13.3 Å². The maximum Gasteiger partial charge on any atom is 0.364 e. The number of rotatable bonds is 28. The van der Waals surface area contributed by atoms with Crippen LogP contribution in [0.25, 0.3) is 0 Å². The molecule has 3 heterocycles. The van der Waals surface area contributed by atoms with Gasteiger partial charge >= 0.3 is 5.97 Å². The van der Waals surface area contributed by atoms with Crippen molar-refractivity contribution in [2.24, 2.45) is 5.73 Å². The standard InChI is InChI=1S/C41H74N2O20/c1-3-4-5-6-7-8-9-10-11-12-13-14-15-16-24(48)23(42)21-58-38-33(54)32(53)35(28(20-46)60-38)61-39-34(55)37(31(52)27(19-45)59-39)63-41(40(56)57)17-25(49)29(43-22(2)47)36(62-41)30(51)26(50)18-44/h15-16,23-39,44-46,48-55H,3-14,17-21,42H2,1-2H3,(H,43,47)(H,56,57)/b16-15+/t23-,24+,25+,26+,27?,28?,29+,30+,31-,32?,33?,34?,35+,36?,37?,38+,39-,41-/m0/s1. The number of hydrogen-bond donors (Lipinski definition) is 14. The summed E-state index contributed by atoms with van der Waals surface area (Å²) < 4.78 is 33.8. The van der Waals surface area contributed by atoms with Gasteiger partial charge in [0.25, 0.3) is 5.79 Å². The second-order valence-electron chi connectivity index (χ2n) is 16.7. The Morgan fingerprint density at radius 3 is 1.95 bits per heavy atom. The van der Waals surface area contributed by atoms with Crippen LogP contribution in [-0.2, 0) is 38.0 Å². The molecular formula is C41H74N2O20. The fourth-order valence-electron chi connectivity index (χ4n) is 7.90. The molecule has 0 aromatic carbocycles. The van der Waals surface area contributed by atoms with Gasteiger partial charge in [-0.15, -0.1) is 0 Å². The molecule has 7 unspecified atom stereocenters. The Bertz CT molecular complexity index is 1350. The number of nitrogens with two attached hydrogens (primary N) is 1. The molecule has 0 aliphatic carbocycles. The monoisotopic (exact) mass is 914 g/mol. The van der Waals surface area contributed by atoms with E-state index in [1.165, 1.54) is 51.4 Å². The van der Waals surface area contributed by atoms with Crippen LogP contribution in [0.5, 0.6) is 0 Å². The van der Waals surface area contributed by atoms with Crippen LogP contribution >= 0.6 is 0 Å². The second kappa shape index (κ2) is 27.6. The first-order valence-electron chi connectivity index (χ1n) is 22.1. The van der Waals surface area contributed by atoms with Crippen molar-refractivity contribution >= 4 is 11.9 Å². The van der Waals surface area contributed by atoms with Crippen LogP contribution in [0.1, 0.15) is 97.3 Å². The summed E-state index contributed by atoms with van der Waals surface area (Å²) in [5, 5.41) is 129. The van der Waals surface area contributed by atoms with Gasteiger partial charge in [-0.1, -0.05) is 83.3 Å². The van der Waals surface area contributed by atoms with Crippen molar-refractivity contribution in [2.75, 3.05) is 26.4 Å². The Labute approximate surface area is 367 Å². The van der Waals surface area contributed by atoms with E-state index in [2.05, 4.69) is 12.2 Å². The number of carboxylic acid groups (broad SMARTS) is 1. The summed E-state index contributed by atoms with van der Waals surface area (Å²) in [6, 6.07) is -2.54. The SMILES string of the molecule is CCCCCCCCCCCCC/C=C/[C@@H](O)[C@@H](N)CO[C@@H]1OC(CO)[C@@H](O[C@@H]2OC(CO)[C@H](O)C(O[C@]3(C(=O)O)C[C@@H](O)[C@@H](NC(C)=O)C([C@H](O)[C@H](O)CO)O3)C2O)C(O)C1O. The van der Waals surface area contributed by atoms with Gasteiger partial charge in [-0.05, 0) is 12.8 Å². The van der Waals surface area contributed by atoms with Gasteiger partial charge in [0.15, 0.2) is 12.6 Å². The number of allylic oxidation sites excluding steroid dienone is 1. The van der Waals surface area contributed by atoms with Crippen LogP contribution in [0.3, 0.4) is 0 Å². The molecule has 3 aliphatic heterocycles. The fraction of sp³-hybridized carbons (Fsp3) is 0.902. The highest BCUT2D eigenvalue weighted by Crippen LogP contribution is 2.38. The van der Waals surface area contributed by atoms with Gasteiger partial charge in [-0.3, -0.25) is 4.79 Å². The minimum Gasteiger partial charge on any atom is -0.477 e. The van der Waals surface area contributed by atoms with Crippen LogP contribution in [0.2, 0.25) is 0 Å². The van der Waals surface area contributed by atoms with Crippen molar-refractivity contribution < 1.29 is 99.3 Å². The molecule has 3 saturated heterocycles. The summed E-state index contributed by atoms with van der Waals surface area (Å²) in [5.74, 6) is -5.78. The van der Waals surface area contributed by atoms with Crippen molar-refractivity contribution in [3.05, 3.63) is 12.2 Å². The van der Waals surface area contributed by atoms with Crippen molar-refractivity contribution in [1.29, 1.82) is 0 Å². The number of aliphatic hydroxyl groups is 11. The molecule has 0 saturated carbocycles. The Balaban J connectivity index is 1.62. The third-order valence-electron chi connectivity index (χ3n) is 11.6. The number of aliphatic hydroxyl groups excluding tert-OH is 11. The van der Waals surface area contributed by atoms with Crippen LogP contribution < -0.4 is 11.1 Å². The zero-order valence-corrected chi connectivity index (χ0v) is 36.2. The molecule has 0 aromatic heterocycles. The van der Waals surface area contributed by atoms with Gasteiger partial charge in [-0.2, -0.15) is 0 Å². The van der Waals surface area contributed by atoms with Gasteiger partial charge in [0.1, 0.15) is 67.1 Å². The molecule has 22 heteroatoms. The van der Waals surface area contributed by atoms with Crippen LogP contribution in [0, 0.1) is 0 Å². The highest BCUT2D eigenvalue weighted by Gasteiger charge is 2.60. The molecule has 0 radical (unpaired) electrons. The van der Waals surface area contributed by atoms with E-state index in [0.717, 1.165) is 32.6 Å². The van der Waals surface area contributed by atoms with Gasteiger partial charge in [0.2, 0.25) is 5.91 Å². The first-order valence-corrected chi connectivity index (χ1v) is 22.1. The summed E-state index contributed by atoms with van der Waals surface area (Å²) in [4.78, 5) is 24.7. The average Bonchev–Trinajstić information content (AvgIpc) is 3.25. The lowest BCUT2D eigenvalue weighted by Gasteiger charge is -2.50. The summed E-state index contributed by atoms with van der Waals surface area (Å²) >= 11 is 0. The highest BCUT2D eigenvalue weighted by atomic mass is 16.8. The number of nitrogens with one attached hydrogen (secondary N) is 1. The van der Waals surface area contributed by atoms with Gasteiger partial charge < -0.3 is 101 Å². The molecule has 0 spiro atoms. The Kier molecular flexibility index (Phi) is 24.2. The number of unbranched alkanes of at least 4 members (excludes halogenated alkanes) is 11. The van der Waals surface area contributed by atoms with Crippen molar-refractivity contribution in [3.63, 3.8) is 0 Å². The molecule has 18 atom stereocenters. The molecule has 3 fully saturated rings. The van der Waals surface area contributed by atoms with Crippen LogP contribution in [0.4, 0.5) is 0 Å². The summed E-state index contributed by atoms with van der Waals surface area (Å²) in [7, 11) is 0. The van der Waals surface area contributed by atoms with E-state index in [0.29, 0.717) is 0 Å². The molecule has 63 heavy (non-hydrogen) atoms. The fourth-order valence-corrected chi connectivity index (χ4v) is 7.90. The highest BCUT2D eigenvalue weighted by molar-refractivity contribution is 5.76. The minimum absolute atomic E-state index is 0.355. The smallest absolute Gasteiger partial charge is 0.364 e. The van der Waals surface area contributed by atoms with Crippen molar-refractivity contribution in [2.45, 2.75) is 207 Å². The predicted molar refractivity (Wildman–Crippen MR) is 218 cm³/mol. The molecule has 0 aromatic rings. The molecule has 15 N–H and O–H groups in total. The molecule has 3 rings (SSSR count). The van der Waals surface area contributed by atoms with E-state index < -0.39 is 148 Å². The van der Waals surface area contributed by atoms with Crippen molar-refractivity contribution in [1.82, 2.24) is 5.32 Å². The average molecular weight is 915 g/mol. The zero-order chi connectivity index (χ0) is 46.9. The maximum absolute atomic E-state index is 12.8. The van der Waals surface area contributed by atoms with Crippen molar-refractivity contribution in [3.8, 4) is 0 Å². The first-order chi connectivity index (χ1) is 30.0. The van der Waals surface area contributed by atoms with E-state index >= 15 is 0 Å². The molecular weight excluding hydrogens is 840 g/mol. The third-order valence-corrected chi connectivity index (χ3v) is 11.6. The number of hydrogen-bond acceptors (Lipinski definition) is 20. The predicted octanol–water partition coefficient (Wildman–Crippen LogP) is -3.25. The summed E-state index contributed by atoms with van der Waals surface area (Å²) in [6.45, 7) is -0.0151.